The quantitative estimate of drug-likeness (QED) is 0.188. The van der Waals surface area contributed by atoms with Crippen LogP contribution in [0.3, 0.4) is 0 Å². The van der Waals surface area contributed by atoms with Gasteiger partial charge in [-0.2, -0.15) is 8.78 Å². The standard InChI is InChI=1S/C29H24F6O4/c1-3-38-21-12-11-20(26(33)27(21)34)29(37)39-22-13-10-19(25(32)28(22)35)16-6-4-15(5-7-16)18-9-8-17(14(2)36)23(30)24(18)31/h4,8-14,16,36H,3,5-7H2,1-2H3. The van der Waals surface area contributed by atoms with Crippen molar-refractivity contribution in [3.05, 3.63) is 99.6 Å². The van der Waals surface area contributed by atoms with Crippen molar-refractivity contribution in [1.29, 1.82) is 0 Å². The van der Waals surface area contributed by atoms with Crippen molar-refractivity contribution < 1.29 is 45.7 Å². The smallest absolute Gasteiger partial charge is 0.346 e. The Bertz CT molecular complexity index is 1450. The van der Waals surface area contributed by atoms with E-state index in [2.05, 4.69) is 0 Å². The molecule has 0 fully saturated rings. The van der Waals surface area contributed by atoms with Gasteiger partial charge < -0.3 is 14.6 Å². The van der Waals surface area contributed by atoms with Crippen LogP contribution in [0.2, 0.25) is 0 Å². The van der Waals surface area contributed by atoms with E-state index >= 15 is 0 Å². The van der Waals surface area contributed by atoms with Crippen LogP contribution in [0.5, 0.6) is 11.5 Å². The molecule has 39 heavy (non-hydrogen) atoms. The van der Waals surface area contributed by atoms with E-state index in [9.17, 15) is 36.2 Å². The molecule has 3 aromatic carbocycles. The van der Waals surface area contributed by atoms with E-state index in [0.29, 0.717) is 5.57 Å². The summed E-state index contributed by atoms with van der Waals surface area (Å²) in [4.78, 5) is 12.3. The number of hydrogen-bond donors (Lipinski definition) is 1. The fourth-order valence-electron chi connectivity index (χ4n) is 4.55. The lowest BCUT2D eigenvalue weighted by molar-refractivity contribution is 0.0720. The molecule has 0 heterocycles. The van der Waals surface area contributed by atoms with Crippen molar-refractivity contribution in [3.8, 4) is 11.5 Å². The maximum absolute atomic E-state index is 15.0. The Morgan fingerprint density at radius 3 is 2.23 bits per heavy atom. The Hall–Kier alpha value is -3.79. The molecular formula is C29H24F6O4. The van der Waals surface area contributed by atoms with E-state index in [1.165, 1.54) is 25.1 Å². The summed E-state index contributed by atoms with van der Waals surface area (Å²) in [6.07, 6.45) is 1.16. The number of ether oxygens (including phenoxy) is 2. The molecule has 1 N–H and O–H groups in total. The lowest BCUT2D eigenvalue weighted by Gasteiger charge is -2.24. The highest BCUT2D eigenvalue weighted by Gasteiger charge is 2.27. The van der Waals surface area contributed by atoms with Crippen LogP contribution in [0.25, 0.3) is 5.57 Å². The lowest BCUT2D eigenvalue weighted by atomic mass is 9.82. The minimum Gasteiger partial charge on any atom is -0.491 e. The Labute approximate surface area is 220 Å². The topological polar surface area (TPSA) is 55.8 Å². The molecule has 4 rings (SSSR count). The second kappa shape index (κ2) is 11.5. The molecule has 0 saturated heterocycles. The SMILES string of the molecule is CCOc1ccc(C(=O)Oc2ccc(C3CC=C(c4ccc(C(C)O)c(F)c4F)CC3)c(F)c2F)c(F)c1F. The van der Waals surface area contributed by atoms with Crippen LogP contribution >= 0.6 is 0 Å². The van der Waals surface area contributed by atoms with Gasteiger partial charge in [-0.3, -0.25) is 0 Å². The van der Waals surface area contributed by atoms with E-state index in [1.54, 1.807) is 13.0 Å². The van der Waals surface area contributed by atoms with Crippen molar-refractivity contribution in [1.82, 2.24) is 0 Å². The first-order chi connectivity index (χ1) is 18.5. The van der Waals surface area contributed by atoms with Crippen molar-refractivity contribution in [2.75, 3.05) is 6.61 Å². The number of allylic oxidation sites excluding steroid dienone is 2. The van der Waals surface area contributed by atoms with Gasteiger partial charge in [0.25, 0.3) is 0 Å². The number of aliphatic hydroxyl groups is 1. The van der Waals surface area contributed by atoms with Crippen molar-refractivity contribution >= 4 is 11.5 Å². The molecule has 2 unspecified atom stereocenters. The molecule has 0 aliphatic heterocycles. The molecule has 0 radical (unpaired) electrons. The zero-order valence-corrected chi connectivity index (χ0v) is 21.0. The summed E-state index contributed by atoms with van der Waals surface area (Å²) < 4.78 is 96.8. The maximum atomic E-state index is 15.0. The number of hydrogen-bond acceptors (Lipinski definition) is 4. The van der Waals surface area contributed by atoms with Crippen LogP contribution in [0.15, 0.2) is 42.5 Å². The van der Waals surface area contributed by atoms with Crippen molar-refractivity contribution in [2.45, 2.75) is 45.1 Å². The van der Waals surface area contributed by atoms with Gasteiger partial charge in [0.05, 0.1) is 18.3 Å². The van der Waals surface area contributed by atoms with Gasteiger partial charge in [-0.05, 0) is 68.4 Å². The van der Waals surface area contributed by atoms with Gasteiger partial charge in [-0.25, -0.2) is 22.4 Å². The molecule has 4 nitrogen and oxygen atoms in total. The molecule has 206 valence electrons. The van der Waals surface area contributed by atoms with E-state index < -0.39 is 70.0 Å². The highest BCUT2D eigenvalue weighted by Crippen LogP contribution is 2.40. The highest BCUT2D eigenvalue weighted by atomic mass is 19.2. The predicted octanol–water partition coefficient (Wildman–Crippen LogP) is 7.54. The van der Waals surface area contributed by atoms with Crippen LogP contribution < -0.4 is 9.47 Å². The first-order valence-corrected chi connectivity index (χ1v) is 12.2. The molecule has 0 aromatic heterocycles. The van der Waals surface area contributed by atoms with E-state index in [4.69, 9.17) is 9.47 Å². The molecule has 10 heteroatoms. The minimum atomic E-state index is -1.55. The monoisotopic (exact) mass is 550 g/mol. The predicted molar refractivity (Wildman–Crippen MR) is 130 cm³/mol. The molecule has 0 saturated carbocycles. The molecule has 0 amide bonds. The summed E-state index contributed by atoms with van der Waals surface area (Å²) in [5.41, 5.74) is -0.482. The fourth-order valence-corrected chi connectivity index (χ4v) is 4.55. The van der Waals surface area contributed by atoms with E-state index in [1.807, 2.05) is 0 Å². The Balaban J connectivity index is 1.51. The number of aliphatic hydroxyl groups excluding tert-OH is 1. The van der Waals surface area contributed by atoms with Crippen LogP contribution in [0.1, 0.15) is 72.2 Å². The normalized spacial score (nSPS) is 16.0. The summed E-state index contributed by atoms with van der Waals surface area (Å²) >= 11 is 0. The summed E-state index contributed by atoms with van der Waals surface area (Å²) in [5, 5.41) is 9.56. The van der Waals surface area contributed by atoms with E-state index in [-0.39, 0.29) is 42.6 Å². The van der Waals surface area contributed by atoms with Gasteiger partial charge in [0.1, 0.15) is 0 Å². The largest absolute Gasteiger partial charge is 0.491 e. The molecule has 1 aliphatic rings. The summed E-state index contributed by atoms with van der Waals surface area (Å²) in [5.74, 6) is -11.1. The molecule has 2 atom stereocenters. The van der Waals surface area contributed by atoms with Gasteiger partial charge >= 0.3 is 5.97 Å². The third-order valence-corrected chi connectivity index (χ3v) is 6.60. The summed E-state index contributed by atoms with van der Waals surface area (Å²) in [7, 11) is 0. The van der Waals surface area contributed by atoms with Gasteiger partial charge in [0, 0.05) is 11.1 Å². The van der Waals surface area contributed by atoms with Crippen LogP contribution in [-0.2, 0) is 0 Å². The first kappa shape index (κ1) is 28.2. The Morgan fingerprint density at radius 2 is 1.59 bits per heavy atom. The Kier molecular flexibility index (Phi) is 8.34. The fraction of sp³-hybridized carbons (Fsp3) is 0.276. The maximum Gasteiger partial charge on any atom is 0.346 e. The molecular weight excluding hydrogens is 526 g/mol. The van der Waals surface area contributed by atoms with E-state index in [0.717, 1.165) is 18.2 Å². The van der Waals surface area contributed by atoms with Gasteiger partial charge in [-0.15, -0.1) is 0 Å². The number of carbonyl (C=O) groups excluding carboxylic acids is 1. The number of carbonyl (C=O) groups is 1. The zero-order valence-electron chi connectivity index (χ0n) is 21.0. The lowest BCUT2D eigenvalue weighted by Crippen LogP contribution is -2.14. The second-order valence-corrected chi connectivity index (χ2v) is 9.05. The number of rotatable bonds is 7. The van der Waals surface area contributed by atoms with Gasteiger partial charge in [-0.1, -0.05) is 24.3 Å². The summed E-state index contributed by atoms with van der Waals surface area (Å²) in [6, 6.07) is 6.83. The average molecular weight is 550 g/mol. The summed E-state index contributed by atoms with van der Waals surface area (Å²) in [6.45, 7) is 2.93. The van der Waals surface area contributed by atoms with Crippen LogP contribution in [0, 0.1) is 34.9 Å². The first-order valence-electron chi connectivity index (χ1n) is 12.2. The minimum absolute atomic E-state index is 0.0167. The van der Waals surface area contributed by atoms with Crippen molar-refractivity contribution in [3.63, 3.8) is 0 Å². The molecule has 1 aliphatic carbocycles. The molecule has 3 aromatic rings. The number of benzene rings is 3. The number of esters is 1. The third-order valence-electron chi connectivity index (χ3n) is 6.60. The highest BCUT2D eigenvalue weighted by molar-refractivity contribution is 5.91. The number of halogens is 6. The second-order valence-electron chi connectivity index (χ2n) is 9.05. The molecule has 0 spiro atoms. The van der Waals surface area contributed by atoms with Gasteiger partial charge in [0.2, 0.25) is 11.6 Å². The average Bonchev–Trinajstić information content (AvgIpc) is 2.91. The van der Waals surface area contributed by atoms with Crippen molar-refractivity contribution in [2.24, 2.45) is 0 Å². The Morgan fingerprint density at radius 1 is 0.897 bits per heavy atom. The van der Waals surface area contributed by atoms with Gasteiger partial charge in [0.15, 0.2) is 34.8 Å². The van der Waals surface area contributed by atoms with Crippen LogP contribution in [-0.4, -0.2) is 17.7 Å². The zero-order chi connectivity index (χ0) is 28.4. The third kappa shape index (κ3) is 5.52. The van der Waals surface area contributed by atoms with Crippen LogP contribution in [0.4, 0.5) is 26.3 Å². The molecule has 0 bridgehead atoms.